The van der Waals surface area contributed by atoms with Crippen LogP contribution in [-0.4, -0.2) is 53.2 Å². The van der Waals surface area contributed by atoms with E-state index < -0.39 is 5.60 Å². The van der Waals surface area contributed by atoms with Crippen LogP contribution in [0.1, 0.15) is 41.0 Å². The Bertz CT molecular complexity index is 332. The molecule has 2 saturated heterocycles. The number of carbonyl (C=O) groups is 1. The van der Waals surface area contributed by atoms with E-state index in [0.29, 0.717) is 18.0 Å². The summed E-state index contributed by atoms with van der Waals surface area (Å²) in [6, 6.07) is 0.911. The molecule has 2 bridgehead atoms. The number of hydrogen-bond donors (Lipinski definition) is 0. The summed E-state index contributed by atoms with van der Waals surface area (Å²) in [5.41, 5.74) is -0.392. The van der Waals surface area contributed by atoms with E-state index in [9.17, 15) is 4.79 Å². The van der Waals surface area contributed by atoms with Gasteiger partial charge in [-0.15, -0.1) is 0 Å². The van der Waals surface area contributed by atoms with Gasteiger partial charge in [0.25, 0.3) is 0 Å². The second-order valence-electron chi connectivity index (χ2n) is 7.02. The minimum absolute atomic E-state index is 0. The maximum Gasteiger partial charge on any atom is 0.410 e. The van der Waals surface area contributed by atoms with E-state index in [4.69, 9.17) is 4.74 Å². The lowest BCUT2D eigenvalue weighted by atomic mass is 10.2. The lowest BCUT2D eigenvalue weighted by Gasteiger charge is -2.35. The molecule has 0 aliphatic carbocycles. The molecule has 2 heterocycles. The van der Waals surface area contributed by atoms with Gasteiger partial charge in [-0.1, -0.05) is 13.8 Å². The predicted octanol–water partition coefficient (Wildman–Crippen LogP) is 2.56. The predicted molar refractivity (Wildman–Crippen MR) is 92.3 cm³/mol. The zero-order valence-corrected chi connectivity index (χ0v) is 15.3. The van der Waals surface area contributed by atoms with Gasteiger partial charge in [-0.25, -0.2) is 4.79 Å². The smallest absolute Gasteiger partial charge is 0.410 e. The number of hydrogen-bond acceptors (Lipinski definition) is 3. The Hall–Kier alpha value is -0.0700. The molecular weight excluding hydrogens is 292 g/mol. The molecule has 6 heteroatoms. The Kier molecular flexibility index (Phi) is 7.25. The van der Waals surface area contributed by atoms with Crippen molar-refractivity contribution in [3.8, 4) is 0 Å². The monoisotopic (exact) mass is 322 g/mol. The highest BCUT2D eigenvalue weighted by Crippen LogP contribution is 2.32. The van der Waals surface area contributed by atoms with Crippen LogP contribution < -0.4 is 0 Å². The van der Waals surface area contributed by atoms with Gasteiger partial charge in [0.15, 0.2) is 0 Å². The molecule has 120 valence electrons. The van der Waals surface area contributed by atoms with Crippen molar-refractivity contribution in [1.82, 2.24) is 9.80 Å². The van der Waals surface area contributed by atoms with Gasteiger partial charge in [0, 0.05) is 31.7 Å². The average molecular weight is 323 g/mol. The number of carbonyl (C=O) groups excluding carboxylic acids is 1. The molecule has 2 aliphatic rings. The van der Waals surface area contributed by atoms with Crippen LogP contribution in [0.15, 0.2) is 0 Å². The fourth-order valence-electron chi connectivity index (χ4n) is 2.99. The first-order valence-electron chi connectivity index (χ1n) is 7.00. The topological polar surface area (TPSA) is 32.8 Å². The summed E-state index contributed by atoms with van der Waals surface area (Å²) in [6.07, 6.45) is 0.977. The normalized spacial score (nSPS) is 25.4. The second-order valence-corrected chi connectivity index (χ2v) is 7.02. The minimum atomic E-state index is -0.392. The first-order valence-corrected chi connectivity index (χ1v) is 7.00. The molecule has 0 radical (unpaired) electrons. The standard InChI is InChI=1S/C14H26N2O2.2H2S/c1-10(2)7-15-8-12-6-11(15)9-16(12)13(17)18-14(3,4)5;;/h10-12H,6-9H2,1-5H3;2*1H2. The lowest BCUT2D eigenvalue weighted by molar-refractivity contribution is 0.0122. The van der Waals surface area contributed by atoms with Crippen LogP contribution in [0.2, 0.25) is 0 Å². The van der Waals surface area contributed by atoms with Gasteiger partial charge in [-0.2, -0.15) is 27.0 Å². The third-order valence-electron chi connectivity index (χ3n) is 3.58. The van der Waals surface area contributed by atoms with E-state index in [1.807, 2.05) is 25.7 Å². The summed E-state index contributed by atoms with van der Waals surface area (Å²) in [5, 5.41) is 0. The molecule has 2 fully saturated rings. The zero-order valence-electron chi connectivity index (χ0n) is 13.3. The van der Waals surface area contributed by atoms with Crippen molar-refractivity contribution < 1.29 is 9.53 Å². The minimum Gasteiger partial charge on any atom is -0.444 e. The van der Waals surface area contributed by atoms with E-state index >= 15 is 0 Å². The molecule has 0 aromatic heterocycles. The number of amides is 1. The number of ether oxygens (including phenoxy) is 1. The number of nitrogens with zero attached hydrogens (tertiary/aromatic N) is 2. The van der Waals surface area contributed by atoms with Gasteiger partial charge in [0.1, 0.15) is 5.60 Å². The van der Waals surface area contributed by atoms with Gasteiger partial charge >= 0.3 is 6.09 Å². The Labute approximate surface area is 137 Å². The van der Waals surface area contributed by atoms with Crippen molar-refractivity contribution in [2.45, 2.75) is 58.7 Å². The van der Waals surface area contributed by atoms with Crippen molar-refractivity contribution in [2.75, 3.05) is 19.6 Å². The van der Waals surface area contributed by atoms with Crippen molar-refractivity contribution in [2.24, 2.45) is 5.92 Å². The summed E-state index contributed by atoms with van der Waals surface area (Å²) >= 11 is 0. The maximum absolute atomic E-state index is 12.1. The summed E-state index contributed by atoms with van der Waals surface area (Å²) < 4.78 is 5.46. The molecule has 2 rings (SSSR count). The number of fused-ring (bicyclic) bond motifs is 2. The Balaban J connectivity index is 0.00000180. The van der Waals surface area contributed by atoms with Gasteiger partial charge in [0.2, 0.25) is 0 Å². The summed E-state index contributed by atoms with van der Waals surface area (Å²) in [7, 11) is 0. The first-order chi connectivity index (χ1) is 8.26. The Morgan fingerprint density at radius 1 is 1.20 bits per heavy atom. The van der Waals surface area contributed by atoms with E-state index in [0.717, 1.165) is 26.1 Å². The zero-order chi connectivity index (χ0) is 13.5. The molecule has 2 atom stereocenters. The van der Waals surface area contributed by atoms with Crippen LogP contribution in [0, 0.1) is 5.92 Å². The van der Waals surface area contributed by atoms with Crippen molar-refractivity contribution in [3.05, 3.63) is 0 Å². The van der Waals surface area contributed by atoms with Crippen LogP contribution >= 0.6 is 27.0 Å². The van der Waals surface area contributed by atoms with Crippen molar-refractivity contribution in [3.63, 3.8) is 0 Å². The molecule has 0 spiro atoms. The van der Waals surface area contributed by atoms with Crippen LogP contribution in [-0.2, 0) is 4.74 Å². The molecule has 20 heavy (non-hydrogen) atoms. The first kappa shape index (κ1) is 19.9. The second kappa shape index (κ2) is 7.27. The fourth-order valence-corrected chi connectivity index (χ4v) is 2.99. The molecule has 4 nitrogen and oxygen atoms in total. The van der Waals surface area contributed by atoms with Gasteiger partial charge in [0.05, 0.1) is 0 Å². The number of rotatable bonds is 2. The third kappa shape index (κ3) is 4.74. The largest absolute Gasteiger partial charge is 0.444 e. The quantitative estimate of drug-likeness (QED) is 0.783. The fraction of sp³-hybridized carbons (Fsp3) is 0.929. The highest BCUT2D eigenvalue weighted by molar-refractivity contribution is 7.59. The number of piperazine rings is 1. The Morgan fingerprint density at radius 3 is 2.20 bits per heavy atom. The molecule has 0 saturated carbocycles. The molecule has 1 amide bonds. The van der Waals surface area contributed by atoms with E-state index in [2.05, 4.69) is 18.7 Å². The van der Waals surface area contributed by atoms with Gasteiger partial charge in [-0.3, -0.25) is 4.90 Å². The third-order valence-corrected chi connectivity index (χ3v) is 3.58. The van der Waals surface area contributed by atoms with E-state index in [1.165, 1.54) is 0 Å². The van der Waals surface area contributed by atoms with Crippen LogP contribution in [0.25, 0.3) is 0 Å². The molecule has 0 aromatic carbocycles. The summed E-state index contributed by atoms with van der Waals surface area (Å²) in [4.78, 5) is 16.5. The van der Waals surface area contributed by atoms with Crippen molar-refractivity contribution in [1.29, 1.82) is 0 Å². The summed E-state index contributed by atoms with van der Waals surface area (Å²) in [5.74, 6) is 0.694. The van der Waals surface area contributed by atoms with Gasteiger partial charge in [-0.05, 0) is 33.1 Å². The molecular formula is C14H30N2O2S2. The van der Waals surface area contributed by atoms with Crippen LogP contribution in [0.4, 0.5) is 4.79 Å². The van der Waals surface area contributed by atoms with E-state index in [-0.39, 0.29) is 33.1 Å². The maximum atomic E-state index is 12.1. The van der Waals surface area contributed by atoms with Crippen molar-refractivity contribution >= 4 is 33.1 Å². The molecule has 0 aromatic rings. The highest BCUT2D eigenvalue weighted by atomic mass is 32.1. The van der Waals surface area contributed by atoms with Crippen LogP contribution in [0.3, 0.4) is 0 Å². The van der Waals surface area contributed by atoms with Gasteiger partial charge < -0.3 is 9.64 Å². The SMILES string of the molecule is CC(C)CN1CC2CC1CN2C(=O)OC(C)(C)C.S.S. The molecule has 2 aliphatic heterocycles. The van der Waals surface area contributed by atoms with E-state index in [1.54, 1.807) is 0 Å². The molecule has 2 unspecified atom stereocenters. The van der Waals surface area contributed by atoms with Crippen LogP contribution in [0.5, 0.6) is 0 Å². The highest BCUT2D eigenvalue weighted by Gasteiger charge is 2.46. The number of likely N-dealkylation sites (tertiary alicyclic amines) is 2. The molecule has 0 N–H and O–H groups in total. The average Bonchev–Trinajstić information content (AvgIpc) is 2.72. The summed E-state index contributed by atoms with van der Waals surface area (Å²) in [6.45, 7) is 13.3. The lowest BCUT2D eigenvalue weighted by Crippen LogP contribution is -2.50. The Morgan fingerprint density at radius 2 is 1.80 bits per heavy atom.